The van der Waals surface area contributed by atoms with Crippen LogP contribution in [0.25, 0.3) is 0 Å². The largest absolute Gasteiger partial charge is 1.00 e. The van der Waals surface area contributed by atoms with Gasteiger partial charge in [0.05, 0.1) is 0 Å². The van der Waals surface area contributed by atoms with Crippen LogP contribution in [-0.2, 0) is 10.1 Å². The van der Waals surface area contributed by atoms with Crippen LogP contribution in [0.5, 0.6) is 0 Å². The van der Waals surface area contributed by atoms with Crippen molar-refractivity contribution in [2.45, 2.75) is 36.9 Å². The van der Waals surface area contributed by atoms with E-state index < -0.39 is 47.0 Å². The van der Waals surface area contributed by atoms with Crippen LogP contribution in [0.1, 0.15) is 19.3 Å². The molecule has 0 aliphatic rings. The van der Waals surface area contributed by atoms with E-state index >= 15 is 0 Å². The molecule has 0 radical (unpaired) electrons. The Balaban J connectivity index is 0. The second kappa shape index (κ2) is 7.05. The van der Waals surface area contributed by atoms with Gasteiger partial charge in [0, 0.05) is 6.42 Å². The van der Waals surface area contributed by atoms with Gasteiger partial charge in [-0.2, -0.15) is 22.0 Å². The van der Waals surface area contributed by atoms with Gasteiger partial charge in [0.1, 0.15) is 0 Å². The summed E-state index contributed by atoms with van der Waals surface area (Å²) in [6.45, 7) is 0. The summed E-state index contributed by atoms with van der Waals surface area (Å²) >= 11 is 0. The maximum atomic E-state index is 12.6. The first-order chi connectivity index (χ1) is 6.88. The quantitative estimate of drug-likeness (QED) is 0.379. The smallest absolute Gasteiger partial charge is 0.743 e. The molecule has 1 atom stereocenters. The Morgan fingerprint density at radius 2 is 1.53 bits per heavy atom. The molecule has 98 valence electrons. The van der Waals surface area contributed by atoms with E-state index in [2.05, 4.69) is 0 Å². The Morgan fingerprint density at radius 1 is 1.12 bits per heavy atom. The van der Waals surface area contributed by atoms with Gasteiger partial charge in [-0.15, -0.1) is 0 Å². The number of hydrogen-bond acceptors (Lipinski definition) is 3. The Labute approximate surface area is 136 Å². The minimum atomic E-state index is -6.21. The second-order valence-electron chi connectivity index (χ2n) is 2.99. The molecule has 0 rings (SSSR count). The van der Waals surface area contributed by atoms with Crippen molar-refractivity contribution in [3.05, 3.63) is 0 Å². The average Bonchev–Trinajstić information content (AvgIpc) is 1.99. The van der Waals surface area contributed by atoms with Crippen LogP contribution in [0.4, 0.5) is 26.3 Å². The van der Waals surface area contributed by atoms with Gasteiger partial charge in [-0.25, -0.2) is 12.8 Å². The van der Waals surface area contributed by atoms with Crippen molar-refractivity contribution in [1.29, 1.82) is 0 Å². The molecule has 0 heterocycles. The van der Waals surface area contributed by atoms with Gasteiger partial charge < -0.3 is 4.55 Å². The molecule has 0 saturated heterocycles. The first kappa shape index (κ1) is 20.4. The topological polar surface area (TPSA) is 57.2 Å². The maximum absolute atomic E-state index is 12.6. The van der Waals surface area contributed by atoms with Crippen molar-refractivity contribution in [1.82, 2.24) is 0 Å². The van der Waals surface area contributed by atoms with E-state index in [1.807, 2.05) is 0 Å². The third-order valence-corrected chi connectivity index (χ3v) is 2.54. The van der Waals surface area contributed by atoms with Gasteiger partial charge in [0.2, 0.25) is 0 Å². The molecule has 0 aromatic heterocycles. The van der Waals surface area contributed by atoms with E-state index in [4.69, 9.17) is 0 Å². The van der Waals surface area contributed by atoms with Gasteiger partial charge in [0.25, 0.3) is 0 Å². The fraction of sp³-hybridized carbons (Fsp3) is 1.00. The van der Waals surface area contributed by atoms with Crippen LogP contribution in [0, 0.1) is 0 Å². The summed E-state index contributed by atoms with van der Waals surface area (Å²) in [5, 5.41) is -5.20. The number of alkyl halides is 6. The van der Waals surface area contributed by atoms with E-state index in [-0.39, 0.29) is 51.4 Å². The van der Waals surface area contributed by atoms with Crippen LogP contribution >= 0.6 is 0 Å². The molecule has 1 unspecified atom stereocenters. The molecule has 0 aromatic carbocycles. The molecule has 0 saturated carbocycles. The zero-order chi connectivity index (χ0) is 13.2. The third-order valence-electron chi connectivity index (χ3n) is 1.62. The average molecular weight is 312 g/mol. The first-order valence-electron chi connectivity index (χ1n) is 3.92. The van der Waals surface area contributed by atoms with Crippen LogP contribution in [0.2, 0.25) is 0 Å². The molecule has 11 heteroatoms. The van der Waals surface area contributed by atoms with Crippen molar-refractivity contribution in [3.63, 3.8) is 0 Å². The second-order valence-corrected chi connectivity index (χ2v) is 4.44. The van der Waals surface area contributed by atoms with Crippen molar-refractivity contribution in [2.24, 2.45) is 0 Å². The van der Waals surface area contributed by atoms with Gasteiger partial charge in [-0.1, -0.05) is 0 Å². The molecule has 0 spiro atoms. The van der Waals surface area contributed by atoms with E-state index in [0.717, 1.165) is 0 Å². The van der Waals surface area contributed by atoms with Crippen LogP contribution < -0.4 is 51.4 Å². The SMILES string of the molecule is O=S(=O)([O-])C(F)(F)C(F)CCCC(F)(F)F.[K+]. The van der Waals surface area contributed by atoms with Gasteiger partial charge in [-0.3, -0.25) is 0 Å². The van der Waals surface area contributed by atoms with Crippen molar-refractivity contribution in [3.8, 4) is 0 Å². The van der Waals surface area contributed by atoms with Gasteiger partial charge >= 0.3 is 62.8 Å². The van der Waals surface area contributed by atoms with Crippen LogP contribution in [-0.4, -0.2) is 30.6 Å². The third kappa shape index (κ3) is 7.33. The Morgan fingerprint density at radius 3 is 1.82 bits per heavy atom. The number of rotatable bonds is 5. The molecule has 0 aromatic rings. The molecule has 3 nitrogen and oxygen atoms in total. The molecule has 0 aliphatic heterocycles. The minimum absolute atomic E-state index is 0. The monoisotopic (exact) mass is 312 g/mol. The van der Waals surface area contributed by atoms with Crippen molar-refractivity contribution >= 4 is 10.1 Å². The maximum Gasteiger partial charge on any atom is 1.00 e. The van der Waals surface area contributed by atoms with Crippen molar-refractivity contribution in [2.75, 3.05) is 0 Å². The summed E-state index contributed by atoms with van der Waals surface area (Å²) in [5.74, 6) is 0. The molecular formula is C6H7F6KO3S. The van der Waals surface area contributed by atoms with E-state index in [1.54, 1.807) is 0 Å². The summed E-state index contributed by atoms with van der Waals surface area (Å²) in [4.78, 5) is 0. The first-order valence-corrected chi connectivity index (χ1v) is 5.33. The predicted molar refractivity (Wildman–Crippen MR) is 39.4 cm³/mol. The fourth-order valence-corrected chi connectivity index (χ4v) is 1.24. The van der Waals surface area contributed by atoms with E-state index in [9.17, 15) is 39.3 Å². The normalized spacial score (nSPS) is 15.2. The van der Waals surface area contributed by atoms with Gasteiger partial charge in [-0.05, 0) is 12.8 Å². The van der Waals surface area contributed by atoms with E-state index in [0.29, 0.717) is 0 Å². The standard InChI is InChI=1S/C6H8F6O3S.K/c7-4(2-1-3-5(8,9)10)6(11,12)16(13,14)15;/h4H,1-3H2,(H,13,14,15);/q;+1/p-1. The zero-order valence-corrected chi connectivity index (χ0v) is 12.5. The summed E-state index contributed by atoms with van der Waals surface area (Å²) < 4.78 is 102. The summed E-state index contributed by atoms with van der Waals surface area (Å²) in [7, 11) is -6.21. The number of halogens is 6. The predicted octanol–water partition coefficient (Wildman–Crippen LogP) is -0.801. The minimum Gasteiger partial charge on any atom is -0.743 e. The molecule has 0 aliphatic carbocycles. The Bertz CT molecular complexity index is 327. The van der Waals surface area contributed by atoms with Gasteiger partial charge in [0.15, 0.2) is 16.3 Å². The number of hydrogen-bond donors (Lipinski definition) is 0. The molecule has 17 heavy (non-hydrogen) atoms. The molecule has 0 bridgehead atoms. The molecular weight excluding hydrogens is 305 g/mol. The Kier molecular flexibility index (Phi) is 8.48. The summed E-state index contributed by atoms with van der Waals surface area (Å²) in [6.07, 6.45) is -12.0. The Hall–Kier alpha value is 1.13. The summed E-state index contributed by atoms with van der Waals surface area (Å²) in [5.41, 5.74) is 0. The zero-order valence-electron chi connectivity index (χ0n) is 8.60. The molecule has 0 fully saturated rings. The van der Waals surface area contributed by atoms with Crippen LogP contribution in [0.3, 0.4) is 0 Å². The summed E-state index contributed by atoms with van der Waals surface area (Å²) in [6, 6.07) is 0. The fourth-order valence-electron chi connectivity index (χ4n) is 0.806. The van der Waals surface area contributed by atoms with E-state index in [1.165, 1.54) is 0 Å². The molecule has 0 N–H and O–H groups in total. The molecule has 0 amide bonds. The van der Waals surface area contributed by atoms with Crippen LogP contribution in [0.15, 0.2) is 0 Å². The van der Waals surface area contributed by atoms with Crippen molar-refractivity contribution < 1.29 is 90.7 Å².